The zero-order valence-corrected chi connectivity index (χ0v) is 9.77. The van der Waals surface area contributed by atoms with Gasteiger partial charge in [0.2, 0.25) is 0 Å². The van der Waals surface area contributed by atoms with Gasteiger partial charge in [-0.05, 0) is 12.1 Å². The molecule has 0 aliphatic rings. The Labute approximate surface area is 96.8 Å². The van der Waals surface area contributed by atoms with Gasteiger partial charge in [0.15, 0.2) is 0 Å². The predicted octanol–water partition coefficient (Wildman–Crippen LogP) is 1.59. The first kappa shape index (κ1) is 12.4. The van der Waals surface area contributed by atoms with E-state index in [1.165, 1.54) is 18.4 Å². The fourth-order valence-electron chi connectivity index (χ4n) is 1.05. The van der Waals surface area contributed by atoms with Crippen molar-refractivity contribution in [3.8, 4) is 0 Å². The van der Waals surface area contributed by atoms with Gasteiger partial charge >= 0.3 is 5.97 Å². The third kappa shape index (κ3) is 4.17. The van der Waals surface area contributed by atoms with Gasteiger partial charge in [0.1, 0.15) is 6.04 Å². The van der Waals surface area contributed by atoms with Crippen LogP contribution in [0.3, 0.4) is 0 Å². The summed E-state index contributed by atoms with van der Waals surface area (Å²) in [6, 6.07) is 2.97. The van der Waals surface area contributed by atoms with E-state index in [9.17, 15) is 4.79 Å². The second-order valence-electron chi connectivity index (χ2n) is 2.93. The summed E-state index contributed by atoms with van der Waals surface area (Å²) in [4.78, 5) is 11.8. The number of carboxylic acids is 1. The first-order chi connectivity index (χ1) is 7.13. The second-order valence-corrected chi connectivity index (χ2v) is 4.73. The Morgan fingerprint density at radius 3 is 2.93 bits per heavy atom. The predicted molar refractivity (Wildman–Crippen MR) is 59.5 cm³/mol. The highest BCUT2D eigenvalue weighted by Gasteiger charge is 2.16. The van der Waals surface area contributed by atoms with Crippen molar-refractivity contribution in [2.75, 3.05) is 13.7 Å². The number of aliphatic carboxylic acids is 1. The van der Waals surface area contributed by atoms with Gasteiger partial charge in [-0.25, -0.2) is 0 Å². The van der Waals surface area contributed by atoms with Crippen molar-refractivity contribution in [1.29, 1.82) is 0 Å². The zero-order chi connectivity index (χ0) is 11.3. The van der Waals surface area contributed by atoms with E-state index in [0.717, 1.165) is 4.88 Å². The Morgan fingerprint density at radius 1 is 1.73 bits per heavy atom. The lowest BCUT2D eigenvalue weighted by atomic mass is 10.3. The number of nitrogens with one attached hydrogen (secondary N) is 1. The summed E-state index contributed by atoms with van der Waals surface area (Å²) in [5.74, 6) is -0.917. The van der Waals surface area contributed by atoms with Crippen LogP contribution in [0.25, 0.3) is 0 Å². The van der Waals surface area contributed by atoms with Crippen LogP contribution in [0.1, 0.15) is 4.88 Å². The highest BCUT2D eigenvalue weighted by molar-refractivity contribution is 7.16. The molecule has 2 N–H and O–H groups in total. The van der Waals surface area contributed by atoms with E-state index in [2.05, 4.69) is 5.32 Å². The molecule has 4 nitrogen and oxygen atoms in total. The Morgan fingerprint density at radius 2 is 2.47 bits per heavy atom. The van der Waals surface area contributed by atoms with Crippen LogP contribution in [0.5, 0.6) is 0 Å². The summed E-state index contributed by atoms with van der Waals surface area (Å²) < 4.78 is 5.49. The summed E-state index contributed by atoms with van der Waals surface area (Å²) in [6.45, 7) is 0.631. The summed E-state index contributed by atoms with van der Waals surface area (Å²) in [7, 11) is 1.47. The van der Waals surface area contributed by atoms with Gasteiger partial charge < -0.3 is 9.84 Å². The summed E-state index contributed by atoms with van der Waals surface area (Å²) >= 11 is 7.18. The molecule has 0 saturated carbocycles. The Kier molecular flexibility index (Phi) is 5.04. The minimum atomic E-state index is -0.917. The van der Waals surface area contributed by atoms with Crippen molar-refractivity contribution in [3.05, 3.63) is 21.3 Å². The Bertz CT molecular complexity index is 329. The molecule has 0 fully saturated rings. The van der Waals surface area contributed by atoms with Gasteiger partial charge in [-0.3, -0.25) is 10.1 Å². The molecule has 0 aromatic carbocycles. The molecule has 0 aliphatic carbocycles. The van der Waals surface area contributed by atoms with Crippen molar-refractivity contribution in [2.24, 2.45) is 0 Å². The lowest BCUT2D eigenvalue weighted by molar-refractivity contribution is -0.140. The maximum absolute atomic E-state index is 10.8. The van der Waals surface area contributed by atoms with E-state index >= 15 is 0 Å². The zero-order valence-electron chi connectivity index (χ0n) is 8.20. The van der Waals surface area contributed by atoms with Crippen LogP contribution in [0.4, 0.5) is 0 Å². The first-order valence-corrected chi connectivity index (χ1v) is 5.52. The van der Waals surface area contributed by atoms with Crippen LogP contribution >= 0.6 is 22.9 Å². The number of hydrogen-bond acceptors (Lipinski definition) is 4. The van der Waals surface area contributed by atoms with Crippen LogP contribution in [-0.2, 0) is 16.1 Å². The molecule has 15 heavy (non-hydrogen) atoms. The molecule has 1 unspecified atom stereocenters. The van der Waals surface area contributed by atoms with E-state index in [1.807, 2.05) is 6.07 Å². The Hall–Kier alpha value is -0.620. The molecule has 1 rings (SSSR count). The van der Waals surface area contributed by atoms with Gasteiger partial charge in [-0.1, -0.05) is 11.6 Å². The topological polar surface area (TPSA) is 58.6 Å². The number of carboxylic acid groups (broad SMARTS) is 1. The van der Waals surface area contributed by atoms with Gasteiger partial charge in [0.25, 0.3) is 0 Å². The Balaban J connectivity index is 2.43. The SMILES string of the molecule is COCC(NCc1ccc(Cl)s1)C(=O)O. The van der Waals surface area contributed by atoms with E-state index in [-0.39, 0.29) is 6.61 Å². The van der Waals surface area contributed by atoms with Crippen molar-refractivity contribution < 1.29 is 14.6 Å². The van der Waals surface area contributed by atoms with Crippen molar-refractivity contribution in [2.45, 2.75) is 12.6 Å². The summed E-state index contributed by atoms with van der Waals surface area (Å²) in [6.07, 6.45) is 0. The lowest BCUT2D eigenvalue weighted by Gasteiger charge is -2.12. The number of halogens is 1. The molecule has 1 aromatic heterocycles. The molecule has 6 heteroatoms. The highest BCUT2D eigenvalue weighted by Crippen LogP contribution is 2.21. The van der Waals surface area contributed by atoms with Crippen molar-refractivity contribution >= 4 is 28.9 Å². The van der Waals surface area contributed by atoms with E-state index in [0.29, 0.717) is 10.9 Å². The fraction of sp³-hybridized carbons (Fsp3) is 0.444. The lowest BCUT2D eigenvalue weighted by Crippen LogP contribution is -2.39. The smallest absolute Gasteiger partial charge is 0.323 e. The molecule has 0 spiro atoms. The van der Waals surface area contributed by atoms with E-state index in [1.54, 1.807) is 6.07 Å². The quantitative estimate of drug-likeness (QED) is 0.804. The normalized spacial score (nSPS) is 12.7. The molecule has 1 atom stereocenters. The van der Waals surface area contributed by atoms with Crippen LogP contribution in [0.15, 0.2) is 12.1 Å². The molecule has 1 aromatic rings. The maximum atomic E-state index is 10.8. The minimum absolute atomic E-state index is 0.147. The molecule has 0 saturated heterocycles. The summed E-state index contributed by atoms with van der Waals surface area (Å²) in [5, 5.41) is 11.7. The van der Waals surface area contributed by atoms with Gasteiger partial charge in [-0.15, -0.1) is 11.3 Å². The highest BCUT2D eigenvalue weighted by atomic mass is 35.5. The fourth-order valence-corrected chi connectivity index (χ4v) is 2.09. The van der Waals surface area contributed by atoms with Crippen molar-refractivity contribution in [3.63, 3.8) is 0 Å². The molecule has 1 heterocycles. The molecule has 84 valence electrons. The number of rotatable bonds is 6. The van der Waals surface area contributed by atoms with Gasteiger partial charge in [-0.2, -0.15) is 0 Å². The third-order valence-electron chi connectivity index (χ3n) is 1.78. The van der Waals surface area contributed by atoms with E-state index in [4.69, 9.17) is 21.4 Å². The molecule has 0 radical (unpaired) electrons. The standard InChI is InChI=1S/C9H12ClNO3S/c1-14-5-7(9(12)13)11-4-6-2-3-8(10)15-6/h2-3,7,11H,4-5H2,1H3,(H,12,13). The van der Waals surface area contributed by atoms with E-state index < -0.39 is 12.0 Å². The van der Waals surface area contributed by atoms with Gasteiger partial charge in [0, 0.05) is 18.5 Å². The number of carbonyl (C=O) groups is 1. The molecule has 0 bridgehead atoms. The molecular weight excluding hydrogens is 238 g/mol. The number of methoxy groups -OCH3 is 1. The number of thiophene rings is 1. The van der Waals surface area contributed by atoms with Crippen LogP contribution < -0.4 is 5.32 Å². The average molecular weight is 250 g/mol. The monoisotopic (exact) mass is 249 g/mol. The van der Waals surface area contributed by atoms with Gasteiger partial charge in [0.05, 0.1) is 10.9 Å². The largest absolute Gasteiger partial charge is 0.480 e. The maximum Gasteiger partial charge on any atom is 0.323 e. The van der Waals surface area contributed by atoms with Crippen LogP contribution in [0, 0.1) is 0 Å². The molecule has 0 aliphatic heterocycles. The minimum Gasteiger partial charge on any atom is -0.480 e. The van der Waals surface area contributed by atoms with Crippen molar-refractivity contribution in [1.82, 2.24) is 5.32 Å². The third-order valence-corrected chi connectivity index (χ3v) is 3.01. The molecule has 0 amide bonds. The molecular formula is C9H12ClNO3S. The average Bonchev–Trinajstić information content (AvgIpc) is 2.58. The first-order valence-electron chi connectivity index (χ1n) is 4.33. The summed E-state index contributed by atoms with van der Waals surface area (Å²) in [5.41, 5.74) is 0. The van der Waals surface area contributed by atoms with Crippen LogP contribution in [-0.4, -0.2) is 30.8 Å². The second kappa shape index (κ2) is 6.07. The van der Waals surface area contributed by atoms with Crippen LogP contribution in [0.2, 0.25) is 4.34 Å². The number of ether oxygens (including phenoxy) is 1. The number of hydrogen-bond donors (Lipinski definition) is 2.